The van der Waals surface area contributed by atoms with E-state index in [2.05, 4.69) is 17.0 Å². The molecule has 3 atom stereocenters. The van der Waals surface area contributed by atoms with Crippen molar-refractivity contribution >= 4 is 12.0 Å². The molecule has 152 valence electrons. The molecule has 4 rings (SSSR count). The van der Waals surface area contributed by atoms with Crippen LogP contribution in [-0.2, 0) is 14.3 Å². The van der Waals surface area contributed by atoms with Crippen LogP contribution in [0.4, 0.5) is 4.79 Å². The molecule has 0 bridgehead atoms. The normalized spacial score (nSPS) is 24.7. The van der Waals surface area contributed by atoms with E-state index in [1.54, 1.807) is 7.11 Å². The second-order valence-electron chi connectivity index (χ2n) is 7.59. The summed E-state index contributed by atoms with van der Waals surface area (Å²) in [6, 6.07) is 19.3. The SMILES string of the molecule is COCCN1C[C@@H](C(=O)N2C(=O)OCC2c2ccccc2)[C@H](c2ccccc2)C1. The van der Waals surface area contributed by atoms with E-state index in [0.29, 0.717) is 13.2 Å². The number of rotatable bonds is 6. The second-order valence-corrected chi connectivity index (χ2v) is 7.59. The van der Waals surface area contributed by atoms with Gasteiger partial charge in [0.15, 0.2) is 0 Å². The van der Waals surface area contributed by atoms with E-state index in [1.165, 1.54) is 4.90 Å². The number of imide groups is 1. The van der Waals surface area contributed by atoms with Gasteiger partial charge in [0.1, 0.15) is 12.6 Å². The van der Waals surface area contributed by atoms with Crippen LogP contribution in [0.25, 0.3) is 0 Å². The van der Waals surface area contributed by atoms with Crippen molar-refractivity contribution in [3.05, 3.63) is 71.8 Å². The predicted molar refractivity (Wildman–Crippen MR) is 108 cm³/mol. The number of likely N-dealkylation sites (tertiary alicyclic amines) is 1. The molecule has 2 heterocycles. The molecule has 2 fully saturated rings. The zero-order valence-electron chi connectivity index (χ0n) is 16.6. The first kappa shape index (κ1) is 19.6. The molecule has 0 aliphatic carbocycles. The first-order valence-electron chi connectivity index (χ1n) is 10.00. The third-order valence-corrected chi connectivity index (χ3v) is 5.85. The summed E-state index contributed by atoms with van der Waals surface area (Å²) in [6.07, 6.45) is -0.550. The molecule has 2 aromatic rings. The molecule has 2 saturated heterocycles. The Morgan fingerprint density at radius 2 is 1.69 bits per heavy atom. The van der Waals surface area contributed by atoms with Crippen molar-refractivity contribution in [2.75, 3.05) is 40.0 Å². The third kappa shape index (κ3) is 4.04. The Labute approximate surface area is 171 Å². The summed E-state index contributed by atoms with van der Waals surface area (Å²) >= 11 is 0. The van der Waals surface area contributed by atoms with Crippen LogP contribution in [-0.4, -0.2) is 61.8 Å². The molecule has 0 N–H and O–H groups in total. The lowest BCUT2D eigenvalue weighted by molar-refractivity contribution is -0.133. The van der Waals surface area contributed by atoms with E-state index in [1.807, 2.05) is 48.5 Å². The van der Waals surface area contributed by atoms with Crippen molar-refractivity contribution in [3.63, 3.8) is 0 Å². The van der Waals surface area contributed by atoms with E-state index in [9.17, 15) is 9.59 Å². The largest absolute Gasteiger partial charge is 0.446 e. The highest BCUT2D eigenvalue weighted by Crippen LogP contribution is 2.37. The molecule has 2 aromatic carbocycles. The maximum Gasteiger partial charge on any atom is 0.417 e. The monoisotopic (exact) mass is 394 g/mol. The lowest BCUT2D eigenvalue weighted by atomic mass is 9.87. The fourth-order valence-corrected chi connectivity index (χ4v) is 4.34. The number of cyclic esters (lactones) is 1. The van der Waals surface area contributed by atoms with Gasteiger partial charge in [0.2, 0.25) is 5.91 Å². The molecule has 1 unspecified atom stereocenters. The minimum Gasteiger partial charge on any atom is -0.446 e. The molecule has 29 heavy (non-hydrogen) atoms. The van der Waals surface area contributed by atoms with E-state index < -0.39 is 6.09 Å². The topological polar surface area (TPSA) is 59.1 Å². The number of carbonyl (C=O) groups is 2. The number of carbonyl (C=O) groups excluding carboxylic acids is 2. The van der Waals surface area contributed by atoms with Gasteiger partial charge in [0.05, 0.1) is 12.5 Å². The average molecular weight is 394 g/mol. The van der Waals surface area contributed by atoms with Crippen LogP contribution in [0, 0.1) is 5.92 Å². The Hall–Kier alpha value is -2.70. The molecule has 6 nitrogen and oxygen atoms in total. The molecule has 0 saturated carbocycles. The van der Waals surface area contributed by atoms with E-state index in [4.69, 9.17) is 9.47 Å². The molecule has 0 aromatic heterocycles. The fourth-order valence-electron chi connectivity index (χ4n) is 4.34. The predicted octanol–water partition coefficient (Wildman–Crippen LogP) is 3.07. The third-order valence-electron chi connectivity index (χ3n) is 5.85. The van der Waals surface area contributed by atoms with E-state index >= 15 is 0 Å². The zero-order chi connectivity index (χ0) is 20.2. The van der Waals surface area contributed by atoms with Crippen molar-refractivity contribution in [2.45, 2.75) is 12.0 Å². The molecule has 6 heteroatoms. The van der Waals surface area contributed by atoms with Gasteiger partial charge in [-0.1, -0.05) is 60.7 Å². The van der Waals surface area contributed by atoms with Gasteiger partial charge in [-0.2, -0.15) is 0 Å². The van der Waals surface area contributed by atoms with Gasteiger partial charge in [-0.15, -0.1) is 0 Å². The van der Waals surface area contributed by atoms with Crippen molar-refractivity contribution in [1.82, 2.24) is 9.80 Å². The Morgan fingerprint density at radius 1 is 1.03 bits per heavy atom. The summed E-state index contributed by atoms with van der Waals surface area (Å²) in [6.45, 7) is 2.94. The minimum absolute atomic E-state index is 0.0328. The summed E-state index contributed by atoms with van der Waals surface area (Å²) in [5.41, 5.74) is 2.03. The first-order valence-corrected chi connectivity index (χ1v) is 10.00. The fraction of sp³-hybridized carbons (Fsp3) is 0.391. The summed E-state index contributed by atoms with van der Waals surface area (Å²) < 4.78 is 10.5. The van der Waals surface area contributed by atoms with Crippen LogP contribution < -0.4 is 0 Å². The molecule has 2 amide bonds. The number of hydrogen-bond acceptors (Lipinski definition) is 5. The number of nitrogens with zero attached hydrogens (tertiary/aromatic N) is 2. The average Bonchev–Trinajstić information content (AvgIpc) is 3.37. The van der Waals surface area contributed by atoms with Crippen molar-refractivity contribution in [1.29, 1.82) is 0 Å². The first-order chi connectivity index (χ1) is 14.2. The Kier molecular flexibility index (Phi) is 5.92. The smallest absolute Gasteiger partial charge is 0.417 e. The molecule has 2 aliphatic heterocycles. The highest BCUT2D eigenvalue weighted by atomic mass is 16.6. The number of ether oxygens (including phenoxy) is 2. The van der Waals surface area contributed by atoms with Gasteiger partial charge in [0.25, 0.3) is 0 Å². The van der Waals surface area contributed by atoms with Gasteiger partial charge < -0.3 is 9.47 Å². The lowest BCUT2D eigenvalue weighted by Gasteiger charge is -2.26. The number of benzene rings is 2. The van der Waals surface area contributed by atoms with Gasteiger partial charge in [-0.3, -0.25) is 9.69 Å². The highest BCUT2D eigenvalue weighted by molar-refractivity contribution is 5.95. The zero-order valence-corrected chi connectivity index (χ0v) is 16.6. The van der Waals surface area contributed by atoms with Gasteiger partial charge in [0, 0.05) is 32.7 Å². The minimum atomic E-state index is -0.550. The molecule has 0 spiro atoms. The maximum absolute atomic E-state index is 13.6. The maximum atomic E-state index is 13.6. The second kappa shape index (κ2) is 8.76. The number of hydrogen-bond donors (Lipinski definition) is 0. The van der Waals surface area contributed by atoms with Crippen molar-refractivity contribution in [3.8, 4) is 0 Å². The highest BCUT2D eigenvalue weighted by Gasteiger charge is 2.46. The van der Waals surface area contributed by atoms with E-state index in [-0.39, 0.29) is 30.4 Å². The van der Waals surface area contributed by atoms with Crippen LogP contribution in [0.5, 0.6) is 0 Å². The quantitative estimate of drug-likeness (QED) is 0.754. The van der Waals surface area contributed by atoms with Gasteiger partial charge in [-0.25, -0.2) is 9.69 Å². The van der Waals surface area contributed by atoms with Crippen molar-refractivity contribution in [2.24, 2.45) is 5.92 Å². The van der Waals surface area contributed by atoms with Gasteiger partial charge >= 0.3 is 6.09 Å². The summed E-state index contributed by atoms with van der Waals surface area (Å²) in [7, 11) is 1.68. The summed E-state index contributed by atoms with van der Waals surface area (Å²) in [4.78, 5) is 29.7. The van der Waals surface area contributed by atoms with Crippen LogP contribution in [0.2, 0.25) is 0 Å². The molecule has 0 radical (unpaired) electrons. The van der Waals surface area contributed by atoms with Crippen LogP contribution in [0.1, 0.15) is 23.1 Å². The van der Waals surface area contributed by atoms with Crippen LogP contribution in [0.3, 0.4) is 0 Å². The molecular formula is C23H26N2O4. The van der Waals surface area contributed by atoms with Crippen molar-refractivity contribution < 1.29 is 19.1 Å². The van der Waals surface area contributed by atoms with E-state index in [0.717, 1.165) is 24.2 Å². The Bertz CT molecular complexity index is 842. The molecular weight excluding hydrogens is 368 g/mol. The molecule has 2 aliphatic rings. The van der Waals surface area contributed by atoms with Crippen LogP contribution >= 0.6 is 0 Å². The summed E-state index contributed by atoms with van der Waals surface area (Å²) in [5, 5.41) is 0. The van der Waals surface area contributed by atoms with Crippen LogP contribution in [0.15, 0.2) is 60.7 Å². The standard InChI is InChI=1S/C23H26N2O4/c1-28-13-12-24-14-19(17-8-4-2-5-9-17)20(15-24)22(26)25-21(16-29-23(25)27)18-10-6-3-7-11-18/h2-11,19-21H,12-16H2,1H3/t19-,20+,21?/m0/s1. The van der Waals surface area contributed by atoms with Gasteiger partial charge in [-0.05, 0) is 11.1 Å². The lowest BCUT2D eigenvalue weighted by Crippen LogP contribution is -2.41. The Morgan fingerprint density at radius 3 is 2.34 bits per heavy atom. The number of amides is 2. The summed E-state index contributed by atoms with van der Waals surface area (Å²) in [5.74, 6) is -0.424. The number of methoxy groups -OCH3 is 1. The Balaban J connectivity index is 1.61.